The van der Waals surface area contributed by atoms with Crippen LogP contribution in [0.5, 0.6) is 0 Å². The van der Waals surface area contributed by atoms with Gasteiger partial charge in [0.15, 0.2) is 0 Å². The molecule has 1 unspecified atom stereocenters. The molecule has 0 aromatic heterocycles. The first-order chi connectivity index (χ1) is 14.1. The molecule has 0 saturated carbocycles. The van der Waals surface area contributed by atoms with Gasteiger partial charge < -0.3 is 5.32 Å². The van der Waals surface area contributed by atoms with Gasteiger partial charge in [-0.1, -0.05) is 74.5 Å². The average molecular weight is 389 g/mol. The summed E-state index contributed by atoms with van der Waals surface area (Å²) in [4.78, 5) is 2.50. The number of hydrogen-bond donors (Lipinski definition) is 1. The summed E-state index contributed by atoms with van der Waals surface area (Å²) in [5.74, 6) is 0.306. The van der Waals surface area contributed by atoms with Gasteiger partial charge in [0.1, 0.15) is 5.82 Å². The maximum Gasteiger partial charge on any atom is 0.123 e. The summed E-state index contributed by atoms with van der Waals surface area (Å²) in [6.07, 6.45) is 0. The average Bonchev–Trinajstić information content (AvgIpc) is 2.75. The van der Waals surface area contributed by atoms with Gasteiger partial charge >= 0.3 is 0 Å². The summed E-state index contributed by atoms with van der Waals surface area (Å²) in [7, 11) is 0. The second-order valence-corrected chi connectivity index (χ2v) is 8.19. The second kappa shape index (κ2) is 8.89. The molecule has 1 atom stereocenters. The molecular formula is C26H29FN2. The number of nitrogens with one attached hydrogen (secondary N) is 1. The number of piperazine rings is 1. The Bertz CT molecular complexity index is 949. The number of rotatable bonds is 5. The van der Waals surface area contributed by atoms with Crippen molar-refractivity contribution in [3.05, 3.63) is 95.3 Å². The number of nitrogens with zero attached hydrogens (tertiary/aromatic N) is 1. The van der Waals surface area contributed by atoms with Gasteiger partial charge in [-0.25, -0.2) is 4.39 Å². The van der Waals surface area contributed by atoms with Gasteiger partial charge in [-0.05, 0) is 45.9 Å². The van der Waals surface area contributed by atoms with E-state index in [2.05, 4.69) is 72.6 Å². The second-order valence-electron chi connectivity index (χ2n) is 8.19. The molecule has 0 spiro atoms. The minimum atomic E-state index is -0.181. The van der Waals surface area contributed by atoms with Gasteiger partial charge in [-0.15, -0.1) is 0 Å². The maximum atomic E-state index is 13.3. The van der Waals surface area contributed by atoms with E-state index in [-0.39, 0.29) is 11.9 Å². The molecule has 1 N–H and O–H groups in total. The van der Waals surface area contributed by atoms with Crippen molar-refractivity contribution in [3.8, 4) is 11.1 Å². The minimum Gasteiger partial charge on any atom is -0.308 e. The van der Waals surface area contributed by atoms with Crippen molar-refractivity contribution in [3.63, 3.8) is 0 Å². The van der Waals surface area contributed by atoms with Crippen LogP contribution in [0.4, 0.5) is 4.39 Å². The van der Waals surface area contributed by atoms with Crippen LogP contribution in [-0.4, -0.2) is 24.5 Å². The highest BCUT2D eigenvalue weighted by Crippen LogP contribution is 2.32. The van der Waals surface area contributed by atoms with Crippen molar-refractivity contribution >= 4 is 0 Å². The van der Waals surface area contributed by atoms with Gasteiger partial charge in [0, 0.05) is 32.2 Å². The molecule has 0 amide bonds. The predicted molar refractivity (Wildman–Crippen MR) is 118 cm³/mol. The third-order valence-electron chi connectivity index (χ3n) is 5.82. The van der Waals surface area contributed by atoms with E-state index >= 15 is 0 Å². The first kappa shape index (κ1) is 19.8. The van der Waals surface area contributed by atoms with Crippen LogP contribution in [0.25, 0.3) is 11.1 Å². The fourth-order valence-corrected chi connectivity index (χ4v) is 4.28. The number of hydrogen-bond acceptors (Lipinski definition) is 2. The zero-order valence-corrected chi connectivity index (χ0v) is 17.2. The molecule has 0 bridgehead atoms. The van der Waals surface area contributed by atoms with Gasteiger partial charge in [-0.3, -0.25) is 4.90 Å². The normalized spacial score (nSPS) is 17.6. The van der Waals surface area contributed by atoms with Crippen molar-refractivity contribution in [1.82, 2.24) is 10.2 Å². The highest BCUT2D eigenvalue weighted by molar-refractivity contribution is 5.71. The predicted octanol–water partition coefficient (Wildman–Crippen LogP) is 5.76. The Labute approximate surface area is 173 Å². The van der Waals surface area contributed by atoms with Crippen molar-refractivity contribution in [1.29, 1.82) is 0 Å². The largest absolute Gasteiger partial charge is 0.308 e. The van der Waals surface area contributed by atoms with Crippen LogP contribution >= 0.6 is 0 Å². The molecule has 1 fully saturated rings. The smallest absolute Gasteiger partial charge is 0.123 e. The van der Waals surface area contributed by atoms with E-state index in [0.717, 1.165) is 31.7 Å². The molecular weight excluding hydrogens is 359 g/mol. The summed E-state index contributed by atoms with van der Waals surface area (Å²) in [5, 5.41) is 3.58. The van der Waals surface area contributed by atoms with E-state index in [1.165, 1.54) is 22.3 Å². The van der Waals surface area contributed by atoms with E-state index in [9.17, 15) is 4.39 Å². The summed E-state index contributed by atoms with van der Waals surface area (Å²) in [5.41, 5.74) is 6.57. The molecule has 0 aliphatic carbocycles. The van der Waals surface area contributed by atoms with E-state index in [4.69, 9.17) is 0 Å². The molecule has 4 rings (SSSR count). The van der Waals surface area contributed by atoms with Crippen molar-refractivity contribution in [2.24, 2.45) is 0 Å². The summed E-state index contributed by atoms with van der Waals surface area (Å²) in [6, 6.07) is 24.6. The molecule has 0 radical (unpaired) electrons. The van der Waals surface area contributed by atoms with E-state index in [0.29, 0.717) is 5.92 Å². The van der Waals surface area contributed by atoms with Crippen LogP contribution in [0, 0.1) is 5.82 Å². The highest BCUT2D eigenvalue weighted by Gasteiger charge is 2.22. The Morgan fingerprint density at radius 1 is 0.931 bits per heavy atom. The zero-order chi connectivity index (χ0) is 20.2. The lowest BCUT2D eigenvalue weighted by molar-refractivity contribution is 0.193. The van der Waals surface area contributed by atoms with Gasteiger partial charge in [-0.2, -0.15) is 0 Å². The Morgan fingerprint density at radius 2 is 1.62 bits per heavy atom. The fourth-order valence-electron chi connectivity index (χ4n) is 4.28. The van der Waals surface area contributed by atoms with Crippen molar-refractivity contribution in [2.75, 3.05) is 19.6 Å². The van der Waals surface area contributed by atoms with E-state index < -0.39 is 0 Å². The van der Waals surface area contributed by atoms with Gasteiger partial charge in [0.05, 0.1) is 0 Å². The molecule has 1 saturated heterocycles. The Balaban J connectivity index is 1.57. The molecule has 29 heavy (non-hydrogen) atoms. The monoisotopic (exact) mass is 388 g/mol. The molecule has 2 nitrogen and oxygen atoms in total. The first-order valence-corrected chi connectivity index (χ1v) is 10.5. The molecule has 1 aliphatic heterocycles. The summed E-state index contributed by atoms with van der Waals surface area (Å²) in [6.45, 7) is 8.30. The van der Waals surface area contributed by atoms with Crippen LogP contribution in [0.2, 0.25) is 0 Å². The molecule has 1 aliphatic rings. The third kappa shape index (κ3) is 4.58. The number of halogens is 1. The van der Waals surface area contributed by atoms with Crippen LogP contribution in [-0.2, 0) is 6.54 Å². The topological polar surface area (TPSA) is 15.3 Å². The lowest BCUT2D eigenvalue weighted by atomic mass is 9.90. The third-order valence-corrected chi connectivity index (χ3v) is 5.82. The molecule has 3 aromatic carbocycles. The van der Waals surface area contributed by atoms with Crippen molar-refractivity contribution in [2.45, 2.75) is 32.4 Å². The lowest BCUT2D eigenvalue weighted by Gasteiger charge is -2.34. The SMILES string of the molecule is CC(C)c1ccccc1-c1ccccc1CN1CCNC(c2ccc(F)cc2)C1. The molecule has 3 aromatic rings. The summed E-state index contributed by atoms with van der Waals surface area (Å²) >= 11 is 0. The quantitative estimate of drug-likeness (QED) is 0.597. The Kier molecular flexibility index (Phi) is 6.08. The number of benzene rings is 3. The maximum absolute atomic E-state index is 13.3. The van der Waals surface area contributed by atoms with Crippen LogP contribution in [0.1, 0.15) is 42.5 Å². The first-order valence-electron chi connectivity index (χ1n) is 10.5. The van der Waals surface area contributed by atoms with Crippen LogP contribution in [0.15, 0.2) is 72.8 Å². The van der Waals surface area contributed by atoms with Crippen molar-refractivity contribution < 1.29 is 4.39 Å². The van der Waals surface area contributed by atoms with Gasteiger partial charge in [0.2, 0.25) is 0 Å². The Morgan fingerprint density at radius 3 is 2.38 bits per heavy atom. The summed E-state index contributed by atoms with van der Waals surface area (Å²) < 4.78 is 13.3. The zero-order valence-electron chi connectivity index (χ0n) is 17.2. The van der Waals surface area contributed by atoms with Crippen LogP contribution < -0.4 is 5.32 Å². The van der Waals surface area contributed by atoms with Crippen LogP contribution in [0.3, 0.4) is 0 Å². The standard InChI is InChI=1S/C26H29FN2/c1-19(2)23-8-5-6-10-25(23)24-9-4-3-7-21(24)17-29-16-15-28-26(18-29)20-11-13-22(27)14-12-20/h3-14,19,26,28H,15-18H2,1-2H3. The fraction of sp³-hybridized carbons (Fsp3) is 0.308. The van der Waals surface area contributed by atoms with E-state index in [1.54, 1.807) is 12.1 Å². The van der Waals surface area contributed by atoms with E-state index in [1.807, 2.05) is 12.1 Å². The van der Waals surface area contributed by atoms with Gasteiger partial charge in [0.25, 0.3) is 0 Å². The molecule has 3 heteroatoms. The molecule has 150 valence electrons. The molecule has 1 heterocycles. The highest BCUT2D eigenvalue weighted by atomic mass is 19.1. The Hall–Kier alpha value is -2.49. The minimum absolute atomic E-state index is 0.181. The lowest BCUT2D eigenvalue weighted by Crippen LogP contribution is -2.45.